The van der Waals surface area contributed by atoms with Crippen molar-refractivity contribution in [2.45, 2.75) is 19.5 Å². The zero-order chi connectivity index (χ0) is 21.8. The maximum absolute atomic E-state index is 13.0. The molecule has 7 heteroatoms. The van der Waals surface area contributed by atoms with E-state index >= 15 is 0 Å². The number of carbonyl (C=O) groups excluding carboxylic acids is 2. The van der Waals surface area contributed by atoms with Crippen molar-refractivity contribution in [2.75, 3.05) is 6.61 Å². The molecule has 4 rings (SSSR count). The largest absolute Gasteiger partial charge is 0.507 e. The van der Waals surface area contributed by atoms with Gasteiger partial charge in [-0.3, -0.25) is 19.6 Å². The minimum Gasteiger partial charge on any atom is -0.507 e. The van der Waals surface area contributed by atoms with Gasteiger partial charge in [-0.2, -0.15) is 0 Å². The average molecular weight is 415 g/mol. The van der Waals surface area contributed by atoms with E-state index < -0.39 is 17.7 Å². The molecule has 3 heterocycles. The second kappa shape index (κ2) is 8.79. The van der Waals surface area contributed by atoms with Crippen molar-refractivity contribution in [3.8, 4) is 5.75 Å². The number of pyridine rings is 2. The van der Waals surface area contributed by atoms with Gasteiger partial charge in [0.15, 0.2) is 0 Å². The average Bonchev–Trinajstić information content (AvgIpc) is 3.05. The molecule has 156 valence electrons. The smallest absolute Gasteiger partial charge is 0.295 e. The quantitative estimate of drug-likeness (QED) is 0.376. The lowest BCUT2D eigenvalue weighted by Gasteiger charge is -2.25. The molecule has 2 aromatic heterocycles. The number of aliphatic hydroxyl groups excluding tert-OH is 1. The summed E-state index contributed by atoms with van der Waals surface area (Å²) in [7, 11) is 0. The lowest BCUT2D eigenvalue weighted by Crippen LogP contribution is -2.29. The van der Waals surface area contributed by atoms with Crippen molar-refractivity contribution in [1.82, 2.24) is 14.9 Å². The van der Waals surface area contributed by atoms with Gasteiger partial charge in [0.2, 0.25) is 0 Å². The molecule has 1 atom stereocenters. The number of carbonyl (C=O) groups is 2. The number of likely N-dealkylation sites (tertiary alicyclic amines) is 1. The molecule has 1 N–H and O–H groups in total. The molecule has 0 radical (unpaired) electrons. The number of nitrogens with zero attached hydrogens (tertiary/aromatic N) is 3. The highest BCUT2D eigenvalue weighted by molar-refractivity contribution is 6.46. The zero-order valence-electron chi connectivity index (χ0n) is 16.9. The molecule has 0 aliphatic carbocycles. The van der Waals surface area contributed by atoms with E-state index in [1.54, 1.807) is 73.3 Å². The van der Waals surface area contributed by atoms with Gasteiger partial charge in [0, 0.05) is 36.9 Å². The lowest BCUT2D eigenvalue weighted by molar-refractivity contribution is -0.140. The van der Waals surface area contributed by atoms with Gasteiger partial charge in [0.05, 0.1) is 18.2 Å². The van der Waals surface area contributed by atoms with Crippen LogP contribution in [-0.4, -0.2) is 38.3 Å². The first-order chi connectivity index (χ1) is 15.1. The third-order valence-electron chi connectivity index (χ3n) is 5.10. The van der Waals surface area contributed by atoms with E-state index in [9.17, 15) is 14.7 Å². The highest BCUT2D eigenvalue weighted by Gasteiger charge is 2.46. The van der Waals surface area contributed by atoms with Crippen molar-refractivity contribution < 1.29 is 19.4 Å². The van der Waals surface area contributed by atoms with Crippen LogP contribution in [0.1, 0.15) is 29.7 Å². The molecule has 31 heavy (non-hydrogen) atoms. The summed E-state index contributed by atoms with van der Waals surface area (Å²) in [6, 6.07) is 13.1. The van der Waals surface area contributed by atoms with Gasteiger partial charge < -0.3 is 14.7 Å². The Bertz CT molecular complexity index is 1110. The Morgan fingerprint density at radius 2 is 1.58 bits per heavy atom. The molecule has 1 aliphatic rings. The third-order valence-corrected chi connectivity index (χ3v) is 5.10. The first-order valence-electron chi connectivity index (χ1n) is 9.90. The standard InChI is InChI=1S/C24H21N3O4/c1-2-31-19-5-3-18(4-6-19)22(28)20-21(17-9-13-26-14-10-17)27(24(30)23(20)29)15-16-7-11-25-12-8-16/h3-14,21,28H,2,15H2,1H3/b22-20+. The fraction of sp³-hybridized carbons (Fsp3) is 0.167. The van der Waals surface area contributed by atoms with E-state index in [0.29, 0.717) is 23.5 Å². The second-order valence-electron chi connectivity index (χ2n) is 7.02. The first-order valence-corrected chi connectivity index (χ1v) is 9.90. The van der Waals surface area contributed by atoms with Crippen LogP contribution in [0, 0.1) is 0 Å². The van der Waals surface area contributed by atoms with Gasteiger partial charge >= 0.3 is 0 Å². The molecular weight excluding hydrogens is 394 g/mol. The van der Waals surface area contributed by atoms with Crippen molar-refractivity contribution in [3.63, 3.8) is 0 Å². The van der Waals surface area contributed by atoms with Gasteiger partial charge in [0.1, 0.15) is 11.5 Å². The number of ether oxygens (including phenoxy) is 1. The molecule has 1 aromatic carbocycles. The molecule has 0 bridgehead atoms. The highest BCUT2D eigenvalue weighted by atomic mass is 16.5. The number of ketones is 1. The van der Waals surface area contributed by atoms with Crippen molar-refractivity contribution >= 4 is 17.4 Å². The maximum Gasteiger partial charge on any atom is 0.295 e. The topological polar surface area (TPSA) is 92.6 Å². The molecule has 1 saturated heterocycles. The van der Waals surface area contributed by atoms with E-state index in [-0.39, 0.29) is 17.9 Å². The number of Topliss-reactive ketones (excluding diaryl/α,β-unsaturated/α-hetero) is 1. The Balaban J connectivity index is 1.80. The number of amides is 1. The van der Waals surface area contributed by atoms with E-state index in [0.717, 1.165) is 5.56 Å². The molecule has 1 aliphatic heterocycles. The van der Waals surface area contributed by atoms with Gasteiger partial charge in [-0.1, -0.05) is 0 Å². The predicted octanol–water partition coefficient (Wildman–Crippen LogP) is 3.50. The highest BCUT2D eigenvalue weighted by Crippen LogP contribution is 2.40. The number of aliphatic hydroxyl groups is 1. The second-order valence-corrected chi connectivity index (χ2v) is 7.02. The van der Waals surface area contributed by atoms with Crippen molar-refractivity contribution in [3.05, 3.63) is 95.6 Å². The number of rotatable bonds is 6. The number of benzene rings is 1. The van der Waals surface area contributed by atoms with Crippen LogP contribution in [0.2, 0.25) is 0 Å². The molecular formula is C24H21N3O4. The SMILES string of the molecule is CCOc1ccc(/C(O)=C2\C(=O)C(=O)N(Cc3ccncc3)C2c2ccncc2)cc1. The molecule has 1 amide bonds. The minimum absolute atomic E-state index is 0.0504. The Morgan fingerprint density at radius 1 is 0.968 bits per heavy atom. The summed E-state index contributed by atoms with van der Waals surface area (Å²) in [5.74, 6) is -0.948. The minimum atomic E-state index is -0.734. The maximum atomic E-state index is 13.0. The Kier molecular flexibility index (Phi) is 5.75. The first kappa shape index (κ1) is 20.3. The van der Waals surface area contributed by atoms with Crippen LogP contribution in [0.5, 0.6) is 5.75 Å². The lowest BCUT2D eigenvalue weighted by atomic mass is 9.96. The number of hydrogen-bond donors (Lipinski definition) is 1. The molecule has 7 nitrogen and oxygen atoms in total. The van der Waals surface area contributed by atoms with Crippen LogP contribution in [-0.2, 0) is 16.1 Å². The summed E-state index contributed by atoms with van der Waals surface area (Å²) in [5.41, 5.74) is 2.01. The fourth-order valence-electron chi connectivity index (χ4n) is 3.65. The Labute approximate surface area is 179 Å². The van der Waals surface area contributed by atoms with E-state index in [4.69, 9.17) is 4.74 Å². The van der Waals surface area contributed by atoms with Crippen LogP contribution >= 0.6 is 0 Å². The van der Waals surface area contributed by atoms with Gasteiger partial charge in [-0.15, -0.1) is 0 Å². The molecule has 0 saturated carbocycles. The molecule has 1 fully saturated rings. The molecule has 1 unspecified atom stereocenters. The molecule has 0 spiro atoms. The number of aromatic nitrogens is 2. The summed E-state index contributed by atoms with van der Waals surface area (Å²) in [6.45, 7) is 2.61. The van der Waals surface area contributed by atoms with Gasteiger partial charge in [-0.25, -0.2) is 0 Å². The zero-order valence-corrected chi connectivity index (χ0v) is 16.9. The van der Waals surface area contributed by atoms with Crippen LogP contribution in [0.3, 0.4) is 0 Å². The van der Waals surface area contributed by atoms with Crippen LogP contribution in [0.25, 0.3) is 5.76 Å². The van der Waals surface area contributed by atoms with Crippen molar-refractivity contribution in [2.24, 2.45) is 0 Å². The fourth-order valence-corrected chi connectivity index (χ4v) is 3.65. The number of hydrogen-bond acceptors (Lipinski definition) is 6. The summed E-state index contributed by atoms with van der Waals surface area (Å²) in [6.07, 6.45) is 6.46. The van der Waals surface area contributed by atoms with E-state index in [1.165, 1.54) is 4.90 Å². The van der Waals surface area contributed by atoms with Crippen LogP contribution in [0.15, 0.2) is 78.9 Å². The van der Waals surface area contributed by atoms with E-state index in [1.807, 2.05) is 6.92 Å². The normalized spacial score (nSPS) is 17.7. The third kappa shape index (κ3) is 4.02. The summed E-state index contributed by atoms with van der Waals surface area (Å²) < 4.78 is 5.44. The van der Waals surface area contributed by atoms with Crippen LogP contribution < -0.4 is 4.74 Å². The predicted molar refractivity (Wildman–Crippen MR) is 114 cm³/mol. The summed E-state index contributed by atoms with van der Waals surface area (Å²) >= 11 is 0. The summed E-state index contributed by atoms with van der Waals surface area (Å²) in [4.78, 5) is 35.5. The van der Waals surface area contributed by atoms with Crippen molar-refractivity contribution in [1.29, 1.82) is 0 Å². The van der Waals surface area contributed by atoms with Gasteiger partial charge in [-0.05, 0) is 66.6 Å². The Morgan fingerprint density at radius 3 is 2.19 bits per heavy atom. The monoisotopic (exact) mass is 415 g/mol. The van der Waals surface area contributed by atoms with Crippen LogP contribution in [0.4, 0.5) is 0 Å². The van der Waals surface area contributed by atoms with Gasteiger partial charge in [0.25, 0.3) is 11.7 Å². The Hall–Kier alpha value is -4.00. The van der Waals surface area contributed by atoms with E-state index in [2.05, 4.69) is 9.97 Å². The molecule has 3 aromatic rings. The summed E-state index contributed by atoms with van der Waals surface area (Å²) in [5, 5.41) is 11.1.